The van der Waals surface area contributed by atoms with Crippen LogP contribution in [0, 0.1) is 0 Å². The minimum Gasteiger partial charge on any atom is -0.397 e. The van der Waals surface area contributed by atoms with E-state index in [4.69, 9.17) is 47.1 Å². The van der Waals surface area contributed by atoms with Crippen molar-refractivity contribution in [2.45, 2.75) is 70.1 Å². The number of nitrogens with one attached hydrogen (secondary N) is 2. The van der Waals surface area contributed by atoms with E-state index in [1.165, 1.54) is 0 Å². The van der Waals surface area contributed by atoms with Gasteiger partial charge in [-0.25, -0.2) is 34.7 Å². The number of piperidine rings is 3. The molecule has 0 unspecified atom stereocenters. The van der Waals surface area contributed by atoms with Crippen LogP contribution in [-0.2, 0) is 4.79 Å². The van der Waals surface area contributed by atoms with Crippen molar-refractivity contribution in [1.82, 2.24) is 63.5 Å². The predicted molar refractivity (Wildman–Crippen MR) is 419 cm³/mol. The Bertz CT molecular complexity index is 5650. The van der Waals surface area contributed by atoms with E-state index in [0.29, 0.717) is 36.9 Å². The Morgan fingerprint density at radius 1 is 0.394 bits per heavy atom. The molecule has 18 heteroatoms. The fourth-order valence-electron chi connectivity index (χ4n) is 15.3. The first-order chi connectivity index (χ1) is 51.0. The summed E-state index contributed by atoms with van der Waals surface area (Å²) in [6.07, 6.45) is 11.9. The van der Waals surface area contributed by atoms with Crippen LogP contribution in [0.5, 0.6) is 0 Å². The molecule has 18 nitrogen and oxygen atoms in total. The van der Waals surface area contributed by atoms with E-state index in [1.54, 1.807) is 6.92 Å². The smallest absolute Gasteiger partial charge is 0.317 e. The molecule has 0 saturated carbocycles. The van der Waals surface area contributed by atoms with E-state index in [-0.39, 0.29) is 23.8 Å². The molecule has 104 heavy (non-hydrogen) atoms. The van der Waals surface area contributed by atoms with Crippen LogP contribution in [0.1, 0.15) is 87.6 Å². The summed E-state index contributed by atoms with van der Waals surface area (Å²) in [6.45, 7) is 9.22. The molecule has 3 aliphatic rings. The Balaban J connectivity index is 0.000000120. The van der Waals surface area contributed by atoms with E-state index < -0.39 is 0 Å². The van der Waals surface area contributed by atoms with Crippen molar-refractivity contribution in [2.75, 3.05) is 63.0 Å². The molecule has 0 aliphatic carbocycles. The Labute approximate surface area is 603 Å². The zero-order valence-corrected chi connectivity index (χ0v) is 58.4. The second-order valence-electron chi connectivity index (χ2n) is 27.3. The van der Waals surface area contributed by atoms with Gasteiger partial charge in [0.2, 0.25) is 5.91 Å². The van der Waals surface area contributed by atoms with E-state index >= 15 is 0 Å². The van der Waals surface area contributed by atoms with Gasteiger partial charge < -0.3 is 50.8 Å². The minimum absolute atomic E-state index is 0.0115. The topological polar surface area (TPSA) is 233 Å². The number of carbonyl (C=O) groups excluding carboxylic acids is 2. The molecule has 18 rings (SSSR count). The highest BCUT2D eigenvalue weighted by Crippen LogP contribution is 2.40. The Hall–Kier alpha value is -12.3. The number of pyridine rings is 6. The van der Waals surface area contributed by atoms with Crippen LogP contribution in [0.4, 0.5) is 21.9 Å². The summed E-state index contributed by atoms with van der Waals surface area (Å²) >= 11 is 0. The second-order valence-corrected chi connectivity index (χ2v) is 27.3. The lowest BCUT2D eigenvalue weighted by atomic mass is 9.96. The van der Waals surface area contributed by atoms with E-state index in [0.717, 1.165) is 205 Å². The molecule has 518 valence electrons. The number of nitrogen functional groups attached to an aromatic ring is 3. The van der Waals surface area contributed by atoms with E-state index in [9.17, 15) is 9.59 Å². The molecule has 3 fully saturated rings. The van der Waals surface area contributed by atoms with Gasteiger partial charge in [-0.05, 0) is 131 Å². The Morgan fingerprint density at radius 2 is 0.721 bits per heavy atom. The van der Waals surface area contributed by atoms with Crippen LogP contribution in [0.3, 0.4) is 0 Å². The van der Waals surface area contributed by atoms with Gasteiger partial charge in [-0.3, -0.25) is 4.79 Å². The average Bonchev–Trinajstić information content (AvgIpc) is 1.62. The van der Waals surface area contributed by atoms with Crippen molar-refractivity contribution in [2.24, 2.45) is 0 Å². The summed E-state index contributed by atoms with van der Waals surface area (Å²) in [7, 11) is 0. The number of urea groups is 1. The monoisotopic (exact) mass is 1370 g/mol. The molecule has 8 N–H and O–H groups in total. The number of aromatic nitrogens is 9. The van der Waals surface area contributed by atoms with Crippen molar-refractivity contribution in [3.8, 4) is 67.5 Å². The number of rotatable bonds is 10. The van der Waals surface area contributed by atoms with Crippen molar-refractivity contribution in [3.63, 3.8) is 0 Å². The summed E-state index contributed by atoms with van der Waals surface area (Å²) in [6, 6.07) is 74.1. The third-order valence-electron chi connectivity index (χ3n) is 20.8. The molecule has 3 saturated heterocycles. The summed E-state index contributed by atoms with van der Waals surface area (Å²) in [5.74, 6) is 4.21. The molecule has 0 spiro atoms. The highest BCUT2D eigenvalue weighted by Gasteiger charge is 2.31. The van der Waals surface area contributed by atoms with Gasteiger partial charge in [0, 0.05) is 126 Å². The largest absolute Gasteiger partial charge is 0.397 e. The van der Waals surface area contributed by atoms with Crippen molar-refractivity contribution < 1.29 is 9.59 Å². The lowest BCUT2D eigenvalue weighted by molar-refractivity contribution is -0.129. The third-order valence-corrected chi connectivity index (χ3v) is 20.8. The first-order valence-electron chi connectivity index (χ1n) is 36.2. The standard InChI is InChI=1S/C30H30N6O.C29H27N5O.C27H25N5/c1-2-32-30(37)35-17-14-22(15-18-35)29-34-27(28-24(31)9-6-16-36(28)29)23-11-10-21-12-13-25(33-26(21)19-23)20-7-4-3-5-8-20;1-19(35)33-16-13-22(14-17-33)29-32-27(28-24(30)8-5-15-34(28)29)23-10-9-21-11-12-25(31-26(21)18-23)20-6-3-2-4-7-20;28-22-7-4-16-32-26(22)25(31-27(32)20-12-14-29-15-13-20)21-9-8-19-10-11-23(30-24(19)17-21)18-5-2-1-3-6-18/h3-13,16,19,22H,2,14-15,17-18,31H2,1H3,(H,32,37);2-12,15,18,22H,13-14,16-17,30H2,1H3;1-11,16-17,20,29H,12-15,28H2. The maximum Gasteiger partial charge on any atom is 0.317 e. The van der Waals surface area contributed by atoms with Crippen LogP contribution in [0.15, 0.2) is 237 Å². The van der Waals surface area contributed by atoms with Gasteiger partial charge >= 0.3 is 6.03 Å². The molecule has 0 atom stereocenters. The SMILES string of the molecule is CC(=O)N1CCC(c2nc(-c3ccc4ccc(-c5ccccc5)nc4c3)c3c(N)cccn23)CC1.CCNC(=O)N1CCC(c2nc(-c3ccc4ccc(-c5ccccc5)nc4c3)c3c(N)cccn23)CC1.Nc1cccn2c(C3CCNCC3)nc(-c3ccc4ccc(-c5ccccc5)nc4c3)c12. The number of hydrogen-bond acceptors (Lipinski definition) is 12. The summed E-state index contributed by atoms with van der Waals surface area (Å²) in [5.41, 5.74) is 39.1. The zero-order valence-electron chi connectivity index (χ0n) is 58.4. The number of benzene rings is 6. The molecular formula is C86H82N16O2. The van der Waals surface area contributed by atoms with E-state index in [2.05, 4.69) is 157 Å². The van der Waals surface area contributed by atoms with Gasteiger partial charge in [0.15, 0.2) is 0 Å². The maximum absolute atomic E-state index is 12.3. The zero-order chi connectivity index (χ0) is 70.8. The fourth-order valence-corrected chi connectivity index (χ4v) is 15.3. The quantitative estimate of drug-likeness (QED) is 0.0860. The summed E-state index contributed by atoms with van der Waals surface area (Å²) in [4.78, 5) is 58.2. The highest BCUT2D eigenvalue weighted by molar-refractivity contribution is 5.95. The van der Waals surface area contributed by atoms with Gasteiger partial charge in [0.1, 0.15) is 17.5 Å². The average molecular weight is 1370 g/mol. The molecule has 12 heterocycles. The second kappa shape index (κ2) is 29.0. The maximum atomic E-state index is 12.3. The first kappa shape index (κ1) is 66.3. The molecule has 0 bridgehead atoms. The normalized spacial score (nSPS) is 14.6. The van der Waals surface area contributed by atoms with Crippen molar-refractivity contribution in [3.05, 3.63) is 254 Å². The number of fused-ring (bicyclic) bond motifs is 6. The predicted octanol–water partition coefficient (Wildman–Crippen LogP) is 16.5. The summed E-state index contributed by atoms with van der Waals surface area (Å²) in [5, 5.41) is 9.64. The lowest BCUT2D eigenvalue weighted by Gasteiger charge is -2.31. The molecule has 15 aromatic rings. The van der Waals surface area contributed by atoms with Crippen LogP contribution in [0.2, 0.25) is 0 Å². The van der Waals surface area contributed by atoms with Crippen molar-refractivity contribution in [1.29, 1.82) is 0 Å². The highest BCUT2D eigenvalue weighted by atomic mass is 16.2. The van der Waals surface area contributed by atoms with E-state index in [1.807, 2.05) is 120 Å². The fraction of sp³-hybridized carbons (Fsp3) is 0.209. The van der Waals surface area contributed by atoms with Crippen LogP contribution < -0.4 is 27.8 Å². The molecule has 6 aromatic carbocycles. The molecular weight excluding hydrogens is 1290 g/mol. The van der Waals surface area contributed by atoms with Gasteiger partial charge in [-0.15, -0.1) is 0 Å². The van der Waals surface area contributed by atoms with Gasteiger partial charge in [-0.1, -0.05) is 146 Å². The number of nitrogens with zero attached hydrogens (tertiary/aromatic N) is 11. The van der Waals surface area contributed by atoms with Gasteiger partial charge in [-0.2, -0.15) is 0 Å². The number of amides is 3. The number of likely N-dealkylation sites (tertiary alicyclic amines) is 2. The van der Waals surface area contributed by atoms with Gasteiger partial charge in [0.25, 0.3) is 0 Å². The van der Waals surface area contributed by atoms with Crippen LogP contribution in [-0.4, -0.2) is 111 Å². The van der Waals surface area contributed by atoms with Gasteiger partial charge in [0.05, 0.1) is 84.3 Å². The number of hydrogen-bond donors (Lipinski definition) is 5. The van der Waals surface area contributed by atoms with Crippen LogP contribution >= 0.6 is 0 Å². The summed E-state index contributed by atoms with van der Waals surface area (Å²) < 4.78 is 6.46. The number of anilines is 3. The molecule has 9 aromatic heterocycles. The molecule has 3 amide bonds. The Kier molecular flexibility index (Phi) is 18.5. The Morgan fingerprint density at radius 3 is 1.06 bits per heavy atom. The molecule has 3 aliphatic heterocycles. The van der Waals surface area contributed by atoms with Crippen LogP contribution in [0.25, 0.3) is 117 Å². The first-order valence-corrected chi connectivity index (χ1v) is 36.2. The lowest BCUT2D eigenvalue weighted by Crippen LogP contribution is -2.44. The molecule has 0 radical (unpaired) electrons. The number of carbonyl (C=O) groups is 2. The number of imidazole rings is 3. The minimum atomic E-state index is 0.0115. The van der Waals surface area contributed by atoms with Crippen molar-refractivity contribution >= 4 is 78.3 Å². The third kappa shape index (κ3) is 13.3. The number of nitrogens with two attached hydrogens (primary N) is 3.